The highest BCUT2D eigenvalue weighted by atomic mass is 33.1. The summed E-state index contributed by atoms with van der Waals surface area (Å²) < 4.78 is 0. The molecule has 0 saturated carbocycles. The molecule has 0 aliphatic heterocycles. The normalized spacial score (nSPS) is 12.7. The van der Waals surface area contributed by atoms with Gasteiger partial charge in [0.2, 0.25) is 0 Å². The molecule has 2 atom stereocenters. The molecule has 0 radical (unpaired) electrons. The Labute approximate surface area is 266 Å². The molecule has 0 saturated heterocycles. The zero-order chi connectivity index (χ0) is 27.5. The SMILES string of the molecule is c1ccc(CSCC(CSSCC(CSCc2ccccc2)SCc2ccccc2)SCc2ccccc2)cc1. The Bertz CT molecular complexity index is 1060. The summed E-state index contributed by atoms with van der Waals surface area (Å²) in [5, 5.41) is 1.29. The molecule has 0 aromatic heterocycles. The van der Waals surface area contributed by atoms with E-state index in [0.717, 1.165) is 23.0 Å². The van der Waals surface area contributed by atoms with Crippen LogP contribution in [-0.4, -0.2) is 33.5 Å². The van der Waals surface area contributed by atoms with Crippen LogP contribution in [0.5, 0.6) is 0 Å². The van der Waals surface area contributed by atoms with Crippen molar-refractivity contribution in [1.82, 2.24) is 0 Å². The fraction of sp³-hybridized carbons (Fsp3) is 0.294. The van der Waals surface area contributed by atoms with Gasteiger partial charge in [-0.1, -0.05) is 143 Å². The van der Waals surface area contributed by atoms with Crippen LogP contribution in [0.2, 0.25) is 0 Å². The average molecular weight is 639 g/mol. The van der Waals surface area contributed by atoms with Gasteiger partial charge < -0.3 is 0 Å². The Morgan fingerprint density at radius 3 is 0.975 bits per heavy atom. The molecule has 0 N–H and O–H groups in total. The molecule has 4 aromatic rings. The Morgan fingerprint density at radius 2 is 0.650 bits per heavy atom. The maximum atomic E-state index is 2.25. The van der Waals surface area contributed by atoms with E-state index in [-0.39, 0.29) is 0 Å². The molecule has 0 aliphatic rings. The van der Waals surface area contributed by atoms with Crippen molar-refractivity contribution < 1.29 is 0 Å². The summed E-state index contributed by atoms with van der Waals surface area (Å²) in [5.74, 6) is 9.14. The molecular formula is C34H38S6. The zero-order valence-corrected chi connectivity index (χ0v) is 27.7. The lowest BCUT2D eigenvalue weighted by Gasteiger charge is -2.18. The molecule has 0 heterocycles. The van der Waals surface area contributed by atoms with Gasteiger partial charge in [0.25, 0.3) is 0 Å². The van der Waals surface area contributed by atoms with Crippen molar-refractivity contribution in [3.8, 4) is 0 Å². The van der Waals surface area contributed by atoms with Crippen LogP contribution >= 0.6 is 68.6 Å². The second kappa shape index (κ2) is 20.0. The van der Waals surface area contributed by atoms with Crippen molar-refractivity contribution >= 4 is 68.6 Å². The fourth-order valence-electron chi connectivity index (χ4n) is 3.88. The summed E-state index contributed by atoms with van der Waals surface area (Å²) in [6, 6.07) is 43.6. The van der Waals surface area contributed by atoms with Crippen LogP contribution < -0.4 is 0 Å². The Morgan fingerprint density at radius 1 is 0.350 bits per heavy atom. The third-order valence-electron chi connectivity index (χ3n) is 6.08. The van der Waals surface area contributed by atoms with E-state index in [1.807, 2.05) is 0 Å². The van der Waals surface area contributed by atoms with E-state index < -0.39 is 0 Å². The Hall–Kier alpha value is -1.02. The highest BCUT2D eigenvalue weighted by molar-refractivity contribution is 8.76. The van der Waals surface area contributed by atoms with Gasteiger partial charge in [0.15, 0.2) is 0 Å². The van der Waals surface area contributed by atoms with Crippen molar-refractivity contribution in [2.24, 2.45) is 0 Å². The minimum absolute atomic E-state index is 0.647. The molecule has 0 fully saturated rings. The number of rotatable bonds is 19. The first-order valence-corrected chi connectivity index (χ1v) is 20.5. The fourth-order valence-corrected chi connectivity index (χ4v) is 12.6. The molecule has 0 spiro atoms. The van der Waals surface area contributed by atoms with Crippen LogP contribution in [-0.2, 0) is 23.0 Å². The first-order valence-electron chi connectivity index (χ1n) is 13.6. The van der Waals surface area contributed by atoms with Gasteiger partial charge in [0.1, 0.15) is 0 Å². The van der Waals surface area contributed by atoms with Gasteiger partial charge in [-0.2, -0.15) is 47.0 Å². The topological polar surface area (TPSA) is 0 Å². The van der Waals surface area contributed by atoms with Crippen LogP contribution in [0, 0.1) is 0 Å². The third kappa shape index (κ3) is 13.3. The first-order chi connectivity index (χ1) is 19.8. The summed E-state index contributed by atoms with van der Waals surface area (Å²) in [4.78, 5) is 0. The van der Waals surface area contributed by atoms with E-state index in [0.29, 0.717) is 10.5 Å². The molecule has 6 heteroatoms. The van der Waals surface area contributed by atoms with Crippen molar-refractivity contribution in [2.75, 3.05) is 23.0 Å². The number of thioether (sulfide) groups is 4. The van der Waals surface area contributed by atoms with Gasteiger partial charge >= 0.3 is 0 Å². The molecule has 210 valence electrons. The van der Waals surface area contributed by atoms with Gasteiger partial charge in [-0.05, 0) is 22.3 Å². The minimum atomic E-state index is 0.647. The maximum absolute atomic E-state index is 2.25. The molecule has 0 nitrogen and oxygen atoms in total. The Kier molecular flexibility index (Phi) is 15.9. The summed E-state index contributed by atoms with van der Waals surface area (Å²) >= 11 is 8.40. The van der Waals surface area contributed by atoms with E-state index in [9.17, 15) is 0 Å². The first kappa shape index (κ1) is 31.9. The van der Waals surface area contributed by atoms with Crippen LogP contribution in [0.3, 0.4) is 0 Å². The summed E-state index contributed by atoms with van der Waals surface area (Å²) in [6.07, 6.45) is 0. The van der Waals surface area contributed by atoms with Crippen molar-refractivity contribution in [3.05, 3.63) is 144 Å². The summed E-state index contributed by atoms with van der Waals surface area (Å²) in [7, 11) is 4.16. The molecule has 0 amide bonds. The van der Waals surface area contributed by atoms with E-state index in [1.54, 1.807) is 0 Å². The summed E-state index contributed by atoms with van der Waals surface area (Å²) in [6.45, 7) is 0. The van der Waals surface area contributed by atoms with Crippen molar-refractivity contribution in [1.29, 1.82) is 0 Å². The predicted molar refractivity (Wildman–Crippen MR) is 193 cm³/mol. The van der Waals surface area contributed by atoms with Crippen molar-refractivity contribution in [3.63, 3.8) is 0 Å². The largest absolute Gasteiger partial charge is 0.156 e. The number of hydrogen-bond acceptors (Lipinski definition) is 6. The smallest absolute Gasteiger partial charge is 0.0240 e. The lowest BCUT2D eigenvalue weighted by Crippen LogP contribution is -2.12. The van der Waals surface area contributed by atoms with Crippen LogP contribution in [0.25, 0.3) is 0 Å². The van der Waals surface area contributed by atoms with E-state index in [1.165, 1.54) is 45.3 Å². The van der Waals surface area contributed by atoms with Gasteiger partial charge in [-0.25, -0.2) is 0 Å². The average Bonchev–Trinajstić information content (AvgIpc) is 3.02. The minimum Gasteiger partial charge on any atom is -0.156 e. The molecule has 40 heavy (non-hydrogen) atoms. The lowest BCUT2D eigenvalue weighted by molar-refractivity contribution is 1.14. The zero-order valence-electron chi connectivity index (χ0n) is 22.8. The highest BCUT2D eigenvalue weighted by Crippen LogP contribution is 2.34. The maximum Gasteiger partial charge on any atom is 0.0240 e. The lowest BCUT2D eigenvalue weighted by atomic mass is 10.2. The van der Waals surface area contributed by atoms with E-state index in [2.05, 4.69) is 190 Å². The van der Waals surface area contributed by atoms with Gasteiger partial charge in [-0.15, -0.1) is 0 Å². The van der Waals surface area contributed by atoms with Crippen LogP contribution in [0.1, 0.15) is 22.3 Å². The second-order valence-electron chi connectivity index (χ2n) is 9.41. The van der Waals surface area contributed by atoms with Gasteiger partial charge in [0.05, 0.1) is 0 Å². The third-order valence-corrected chi connectivity index (χ3v) is 14.4. The van der Waals surface area contributed by atoms with Crippen LogP contribution in [0.4, 0.5) is 0 Å². The quantitative estimate of drug-likeness (QED) is 0.0735. The second-order valence-corrected chi connectivity index (χ2v) is 16.6. The number of benzene rings is 4. The van der Waals surface area contributed by atoms with E-state index in [4.69, 9.17) is 0 Å². The molecular weight excluding hydrogens is 601 g/mol. The molecule has 4 rings (SSSR count). The van der Waals surface area contributed by atoms with Crippen molar-refractivity contribution in [2.45, 2.75) is 33.5 Å². The summed E-state index contributed by atoms with van der Waals surface area (Å²) in [5.41, 5.74) is 5.70. The number of hydrogen-bond donors (Lipinski definition) is 0. The van der Waals surface area contributed by atoms with Gasteiger partial charge in [0, 0.05) is 56.5 Å². The van der Waals surface area contributed by atoms with E-state index >= 15 is 0 Å². The molecule has 2 unspecified atom stereocenters. The standard InChI is InChI=1S/C34H38S6/c1-5-13-29(14-6-1)21-35-25-33(37-23-31-17-9-3-10-18-31)27-39-40-28-34(38-24-32-19-11-4-12-20-32)26-36-22-30-15-7-2-8-16-30/h1-20,33-34H,21-28H2. The molecule has 0 aliphatic carbocycles. The van der Waals surface area contributed by atoms with Crippen LogP contribution in [0.15, 0.2) is 121 Å². The molecule has 0 bridgehead atoms. The molecule has 4 aromatic carbocycles. The monoisotopic (exact) mass is 638 g/mol. The predicted octanol–water partition coefficient (Wildman–Crippen LogP) is 10.8. The Balaban J connectivity index is 1.24. The van der Waals surface area contributed by atoms with Gasteiger partial charge in [-0.3, -0.25) is 0 Å². The highest BCUT2D eigenvalue weighted by Gasteiger charge is 2.14.